The van der Waals surface area contributed by atoms with Gasteiger partial charge in [-0.3, -0.25) is 14.5 Å². The number of carbonyl (C=O) groups excluding carboxylic acids is 1. The molecule has 0 aromatic carbocycles. The Kier molecular flexibility index (Phi) is 6.68. The molecule has 7 heteroatoms. The summed E-state index contributed by atoms with van der Waals surface area (Å²) in [5.41, 5.74) is 0.709. The summed E-state index contributed by atoms with van der Waals surface area (Å²) < 4.78 is 12.5. The van der Waals surface area contributed by atoms with Gasteiger partial charge in [0.15, 0.2) is 5.75 Å². The van der Waals surface area contributed by atoms with Crippen LogP contribution in [0, 0.1) is 0 Å². The standard InChI is InChI=1S/C19H29N3O4/c1-25-18-13-22(14-19(24)20-11-16-6-5-9-26-16)15(10-17(18)23)12-21-7-3-2-4-8-21/h10,13,16H,2-9,11-12,14H2,1H3,(H,20,24). The molecule has 1 aromatic rings. The molecule has 3 rings (SSSR count). The summed E-state index contributed by atoms with van der Waals surface area (Å²) in [4.78, 5) is 26.9. The molecular formula is C19H29N3O4. The highest BCUT2D eigenvalue weighted by Gasteiger charge is 2.18. The summed E-state index contributed by atoms with van der Waals surface area (Å²) in [6.45, 7) is 4.23. The van der Waals surface area contributed by atoms with Gasteiger partial charge in [0, 0.05) is 31.5 Å². The topological polar surface area (TPSA) is 72.8 Å². The first-order valence-corrected chi connectivity index (χ1v) is 9.53. The highest BCUT2D eigenvalue weighted by atomic mass is 16.5. The van der Waals surface area contributed by atoms with Gasteiger partial charge in [0.2, 0.25) is 11.3 Å². The second-order valence-corrected chi connectivity index (χ2v) is 7.10. The third-order valence-corrected chi connectivity index (χ3v) is 5.10. The van der Waals surface area contributed by atoms with Gasteiger partial charge in [-0.05, 0) is 38.8 Å². The molecule has 3 heterocycles. The van der Waals surface area contributed by atoms with Crippen molar-refractivity contribution in [2.75, 3.05) is 33.4 Å². The van der Waals surface area contributed by atoms with E-state index in [0.717, 1.165) is 38.2 Å². The molecule has 144 valence electrons. The van der Waals surface area contributed by atoms with Crippen molar-refractivity contribution in [1.82, 2.24) is 14.8 Å². The summed E-state index contributed by atoms with van der Waals surface area (Å²) in [5.74, 6) is 0.186. The van der Waals surface area contributed by atoms with Crippen LogP contribution in [0.15, 0.2) is 17.1 Å². The van der Waals surface area contributed by atoms with E-state index in [1.165, 1.54) is 26.4 Å². The molecule has 0 radical (unpaired) electrons. The van der Waals surface area contributed by atoms with Crippen molar-refractivity contribution in [3.8, 4) is 5.75 Å². The van der Waals surface area contributed by atoms with E-state index in [4.69, 9.17) is 9.47 Å². The number of hydrogen-bond acceptors (Lipinski definition) is 5. The van der Waals surface area contributed by atoms with E-state index >= 15 is 0 Å². The van der Waals surface area contributed by atoms with Crippen LogP contribution in [-0.4, -0.2) is 54.8 Å². The predicted molar refractivity (Wildman–Crippen MR) is 98.4 cm³/mol. The van der Waals surface area contributed by atoms with Crippen molar-refractivity contribution >= 4 is 5.91 Å². The highest BCUT2D eigenvalue weighted by Crippen LogP contribution is 2.14. The SMILES string of the molecule is COc1cn(CC(=O)NCC2CCCO2)c(CN2CCCCC2)cc1=O. The molecule has 0 bridgehead atoms. The van der Waals surface area contributed by atoms with Gasteiger partial charge in [0.05, 0.1) is 19.4 Å². The summed E-state index contributed by atoms with van der Waals surface area (Å²) in [7, 11) is 1.48. The quantitative estimate of drug-likeness (QED) is 0.786. The number of nitrogens with zero attached hydrogens (tertiary/aromatic N) is 2. The van der Waals surface area contributed by atoms with E-state index in [-0.39, 0.29) is 29.7 Å². The number of rotatable bonds is 7. The number of aromatic nitrogens is 1. The lowest BCUT2D eigenvalue weighted by Crippen LogP contribution is -2.36. The summed E-state index contributed by atoms with van der Waals surface area (Å²) in [5, 5.41) is 2.94. The first kappa shape index (κ1) is 18.9. The van der Waals surface area contributed by atoms with Crippen LogP contribution in [0.3, 0.4) is 0 Å². The largest absolute Gasteiger partial charge is 0.491 e. The Labute approximate surface area is 154 Å². The number of amides is 1. The fourth-order valence-corrected chi connectivity index (χ4v) is 3.62. The molecule has 0 saturated carbocycles. The van der Waals surface area contributed by atoms with Crippen LogP contribution in [0.25, 0.3) is 0 Å². The summed E-state index contributed by atoms with van der Waals surface area (Å²) in [6, 6.07) is 1.60. The molecule has 0 aliphatic carbocycles. The number of methoxy groups -OCH3 is 1. The average molecular weight is 363 g/mol. The van der Waals surface area contributed by atoms with Crippen molar-refractivity contribution < 1.29 is 14.3 Å². The number of pyridine rings is 1. The normalized spacial score (nSPS) is 20.9. The van der Waals surface area contributed by atoms with E-state index < -0.39 is 0 Å². The van der Waals surface area contributed by atoms with Gasteiger partial charge in [0.1, 0.15) is 6.54 Å². The van der Waals surface area contributed by atoms with Crippen LogP contribution in [0.4, 0.5) is 0 Å². The second kappa shape index (κ2) is 9.19. The summed E-state index contributed by atoms with van der Waals surface area (Å²) in [6.07, 6.45) is 7.44. The van der Waals surface area contributed by atoms with Gasteiger partial charge in [-0.25, -0.2) is 0 Å². The molecule has 1 aromatic heterocycles. The maximum absolute atomic E-state index is 12.4. The number of ether oxygens (including phenoxy) is 2. The molecule has 2 saturated heterocycles. The molecular weight excluding hydrogens is 334 g/mol. The zero-order valence-electron chi connectivity index (χ0n) is 15.5. The summed E-state index contributed by atoms with van der Waals surface area (Å²) >= 11 is 0. The van der Waals surface area contributed by atoms with Gasteiger partial charge in [-0.15, -0.1) is 0 Å². The number of nitrogens with one attached hydrogen (secondary N) is 1. The van der Waals surface area contributed by atoms with Crippen LogP contribution in [0.1, 0.15) is 37.8 Å². The molecule has 2 aliphatic heterocycles. The number of piperidine rings is 1. The van der Waals surface area contributed by atoms with E-state index in [1.807, 2.05) is 4.57 Å². The fourth-order valence-electron chi connectivity index (χ4n) is 3.62. The zero-order chi connectivity index (χ0) is 18.4. The van der Waals surface area contributed by atoms with Gasteiger partial charge in [-0.1, -0.05) is 6.42 Å². The van der Waals surface area contributed by atoms with E-state index in [0.29, 0.717) is 13.1 Å². The Morgan fingerprint density at radius 3 is 2.81 bits per heavy atom. The molecule has 1 unspecified atom stereocenters. The van der Waals surface area contributed by atoms with Crippen molar-refractivity contribution in [2.45, 2.75) is 51.3 Å². The van der Waals surface area contributed by atoms with Gasteiger partial charge >= 0.3 is 0 Å². The minimum atomic E-state index is -0.143. The Bertz CT molecular complexity index is 661. The maximum atomic E-state index is 12.4. The molecule has 2 fully saturated rings. The lowest BCUT2D eigenvalue weighted by Gasteiger charge is -2.27. The molecule has 26 heavy (non-hydrogen) atoms. The molecule has 0 spiro atoms. The van der Waals surface area contributed by atoms with Crippen molar-refractivity contribution in [3.05, 3.63) is 28.2 Å². The average Bonchev–Trinajstić information content (AvgIpc) is 3.16. The minimum absolute atomic E-state index is 0.0777. The van der Waals surface area contributed by atoms with E-state index in [1.54, 1.807) is 12.3 Å². The highest BCUT2D eigenvalue weighted by molar-refractivity contribution is 5.75. The van der Waals surface area contributed by atoms with E-state index in [2.05, 4.69) is 10.2 Å². The lowest BCUT2D eigenvalue weighted by molar-refractivity contribution is -0.122. The molecule has 2 aliphatic rings. The Balaban J connectivity index is 1.68. The molecule has 1 amide bonds. The van der Waals surface area contributed by atoms with Crippen LogP contribution in [-0.2, 0) is 22.6 Å². The van der Waals surface area contributed by atoms with Crippen LogP contribution in [0.2, 0.25) is 0 Å². The van der Waals surface area contributed by atoms with E-state index in [9.17, 15) is 9.59 Å². The lowest BCUT2D eigenvalue weighted by atomic mass is 10.1. The van der Waals surface area contributed by atoms with Gasteiger partial charge < -0.3 is 19.4 Å². The Morgan fingerprint density at radius 2 is 2.12 bits per heavy atom. The Morgan fingerprint density at radius 1 is 1.31 bits per heavy atom. The van der Waals surface area contributed by atoms with Crippen molar-refractivity contribution in [3.63, 3.8) is 0 Å². The minimum Gasteiger partial charge on any atom is -0.491 e. The third-order valence-electron chi connectivity index (χ3n) is 5.10. The number of hydrogen-bond donors (Lipinski definition) is 1. The zero-order valence-corrected chi connectivity index (χ0v) is 15.5. The number of likely N-dealkylation sites (tertiary alicyclic amines) is 1. The molecule has 7 nitrogen and oxygen atoms in total. The first-order chi connectivity index (χ1) is 12.7. The maximum Gasteiger partial charge on any atom is 0.240 e. The van der Waals surface area contributed by atoms with Gasteiger partial charge in [0.25, 0.3) is 0 Å². The smallest absolute Gasteiger partial charge is 0.240 e. The molecule has 1 atom stereocenters. The fraction of sp³-hybridized carbons (Fsp3) is 0.684. The van der Waals surface area contributed by atoms with Crippen LogP contribution >= 0.6 is 0 Å². The number of carbonyl (C=O) groups is 1. The first-order valence-electron chi connectivity index (χ1n) is 9.53. The Hall–Kier alpha value is -1.86. The second-order valence-electron chi connectivity index (χ2n) is 7.10. The van der Waals surface area contributed by atoms with Crippen molar-refractivity contribution in [2.24, 2.45) is 0 Å². The monoisotopic (exact) mass is 363 g/mol. The predicted octanol–water partition coefficient (Wildman–Crippen LogP) is 1.14. The van der Waals surface area contributed by atoms with Crippen LogP contribution in [0.5, 0.6) is 5.75 Å². The van der Waals surface area contributed by atoms with Crippen molar-refractivity contribution in [1.29, 1.82) is 0 Å². The van der Waals surface area contributed by atoms with Crippen LogP contribution < -0.4 is 15.5 Å². The molecule has 1 N–H and O–H groups in total. The third kappa shape index (κ3) is 5.08. The van der Waals surface area contributed by atoms with Gasteiger partial charge in [-0.2, -0.15) is 0 Å².